The fourth-order valence-corrected chi connectivity index (χ4v) is 2.50. The van der Waals surface area contributed by atoms with Crippen LogP contribution in [0.15, 0.2) is 12.1 Å². The largest absolute Gasteiger partial charge is 0.304 e. The Kier molecular flexibility index (Phi) is 3.57. The SMILES string of the molecule is Cc1ccc(C)c2c1C(=O)C(=O)N2CC(C)CBr. The summed E-state index contributed by atoms with van der Waals surface area (Å²) in [4.78, 5) is 25.8. The van der Waals surface area contributed by atoms with Crippen molar-refractivity contribution in [1.29, 1.82) is 0 Å². The van der Waals surface area contributed by atoms with Crippen molar-refractivity contribution < 1.29 is 9.59 Å². The molecule has 1 amide bonds. The second-order valence-corrected chi connectivity index (χ2v) is 5.57. The molecule has 0 aliphatic carbocycles. The molecular formula is C14H16BrNO2. The van der Waals surface area contributed by atoms with Crippen LogP contribution in [-0.4, -0.2) is 23.6 Å². The van der Waals surface area contributed by atoms with Gasteiger partial charge in [-0.2, -0.15) is 0 Å². The number of alkyl halides is 1. The standard InChI is InChI=1S/C14H16BrNO2/c1-8(6-15)7-16-12-10(3)5-4-9(2)11(12)13(17)14(16)18/h4-5,8H,6-7H2,1-3H3. The van der Waals surface area contributed by atoms with Crippen LogP contribution in [0.4, 0.5) is 5.69 Å². The average molecular weight is 310 g/mol. The molecule has 1 heterocycles. The average Bonchev–Trinajstić information content (AvgIpc) is 2.60. The lowest BCUT2D eigenvalue weighted by Crippen LogP contribution is -2.34. The van der Waals surface area contributed by atoms with Crippen molar-refractivity contribution in [3.8, 4) is 0 Å². The molecule has 1 aromatic carbocycles. The molecule has 0 saturated heterocycles. The van der Waals surface area contributed by atoms with Gasteiger partial charge in [0.1, 0.15) is 0 Å². The lowest BCUT2D eigenvalue weighted by Gasteiger charge is -2.21. The molecule has 0 N–H and O–H groups in total. The van der Waals surface area contributed by atoms with Crippen LogP contribution in [0, 0.1) is 19.8 Å². The van der Waals surface area contributed by atoms with Crippen molar-refractivity contribution in [2.45, 2.75) is 20.8 Å². The summed E-state index contributed by atoms with van der Waals surface area (Å²) in [6.07, 6.45) is 0. The molecule has 1 aliphatic heterocycles. The number of nitrogens with zero attached hydrogens (tertiary/aromatic N) is 1. The van der Waals surface area contributed by atoms with Crippen LogP contribution in [0.25, 0.3) is 0 Å². The fourth-order valence-electron chi connectivity index (χ4n) is 2.30. The number of halogens is 1. The number of rotatable bonds is 3. The number of carbonyl (C=O) groups is 2. The molecule has 3 nitrogen and oxygen atoms in total. The highest BCUT2D eigenvalue weighted by atomic mass is 79.9. The number of hydrogen-bond acceptors (Lipinski definition) is 2. The van der Waals surface area contributed by atoms with E-state index in [0.717, 1.165) is 22.1 Å². The van der Waals surface area contributed by atoms with Crippen LogP contribution in [0.3, 0.4) is 0 Å². The van der Waals surface area contributed by atoms with Gasteiger partial charge >= 0.3 is 0 Å². The lowest BCUT2D eigenvalue weighted by molar-refractivity contribution is -0.114. The van der Waals surface area contributed by atoms with Gasteiger partial charge in [0.2, 0.25) is 0 Å². The Labute approximate surface area is 115 Å². The molecule has 1 aliphatic rings. The van der Waals surface area contributed by atoms with Gasteiger partial charge in [-0.15, -0.1) is 0 Å². The number of fused-ring (bicyclic) bond motifs is 1. The fraction of sp³-hybridized carbons (Fsp3) is 0.429. The second kappa shape index (κ2) is 4.84. The van der Waals surface area contributed by atoms with Gasteiger partial charge in [0.05, 0.1) is 11.3 Å². The summed E-state index contributed by atoms with van der Waals surface area (Å²) in [5.74, 6) is -0.448. The van der Waals surface area contributed by atoms with Crippen LogP contribution in [0.5, 0.6) is 0 Å². The molecule has 0 aromatic heterocycles. The number of benzene rings is 1. The molecule has 96 valence electrons. The third kappa shape index (κ3) is 1.99. The van der Waals surface area contributed by atoms with Gasteiger partial charge in [0.15, 0.2) is 0 Å². The van der Waals surface area contributed by atoms with Gasteiger partial charge in [0.25, 0.3) is 11.7 Å². The first-order valence-corrected chi connectivity index (χ1v) is 7.11. The van der Waals surface area contributed by atoms with Gasteiger partial charge in [-0.05, 0) is 30.9 Å². The van der Waals surface area contributed by atoms with Crippen molar-refractivity contribution in [3.05, 3.63) is 28.8 Å². The number of hydrogen-bond donors (Lipinski definition) is 0. The van der Waals surface area contributed by atoms with Crippen LogP contribution in [-0.2, 0) is 4.79 Å². The number of carbonyl (C=O) groups excluding carboxylic acids is 2. The molecule has 18 heavy (non-hydrogen) atoms. The number of anilines is 1. The number of Topliss-reactive ketones (excluding diaryl/α,β-unsaturated/α-hetero) is 1. The van der Waals surface area contributed by atoms with Gasteiger partial charge in [-0.1, -0.05) is 35.0 Å². The van der Waals surface area contributed by atoms with Crippen molar-refractivity contribution in [3.63, 3.8) is 0 Å². The maximum atomic E-state index is 12.1. The first-order valence-electron chi connectivity index (χ1n) is 5.99. The lowest BCUT2D eigenvalue weighted by atomic mass is 10.0. The third-order valence-electron chi connectivity index (χ3n) is 3.28. The molecule has 1 atom stereocenters. The number of amides is 1. The number of aryl methyl sites for hydroxylation is 2. The zero-order valence-electron chi connectivity index (χ0n) is 10.8. The van der Waals surface area contributed by atoms with Crippen LogP contribution in [0.1, 0.15) is 28.4 Å². The van der Waals surface area contributed by atoms with E-state index in [1.54, 1.807) is 4.90 Å². The van der Waals surface area contributed by atoms with Crippen LogP contribution < -0.4 is 4.90 Å². The van der Waals surface area contributed by atoms with E-state index in [9.17, 15) is 9.59 Å². The minimum absolute atomic E-state index is 0.313. The zero-order chi connectivity index (χ0) is 13.4. The highest BCUT2D eigenvalue weighted by Gasteiger charge is 2.38. The molecule has 0 saturated carbocycles. The van der Waals surface area contributed by atoms with Crippen molar-refractivity contribution in [2.24, 2.45) is 5.92 Å². The molecule has 0 spiro atoms. The summed E-state index contributed by atoms with van der Waals surface area (Å²) in [5, 5.41) is 0.811. The molecular weight excluding hydrogens is 294 g/mol. The van der Waals surface area contributed by atoms with E-state index in [1.165, 1.54) is 0 Å². The van der Waals surface area contributed by atoms with E-state index in [0.29, 0.717) is 18.0 Å². The monoisotopic (exact) mass is 309 g/mol. The Morgan fingerprint density at radius 2 is 1.83 bits per heavy atom. The Morgan fingerprint density at radius 3 is 2.44 bits per heavy atom. The highest BCUT2D eigenvalue weighted by Crippen LogP contribution is 2.35. The van der Waals surface area contributed by atoms with E-state index >= 15 is 0 Å². The maximum Gasteiger partial charge on any atom is 0.299 e. The Hall–Kier alpha value is -1.16. The minimum Gasteiger partial charge on any atom is -0.304 e. The van der Waals surface area contributed by atoms with Crippen LogP contribution in [0.2, 0.25) is 0 Å². The quantitative estimate of drug-likeness (QED) is 0.636. The van der Waals surface area contributed by atoms with E-state index in [-0.39, 0.29) is 5.78 Å². The number of ketones is 1. The summed E-state index contributed by atoms with van der Waals surface area (Å²) in [6, 6.07) is 3.86. The van der Waals surface area contributed by atoms with E-state index in [2.05, 4.69) is 22.9 Å². The summed E-state index contributed by atoms with van der Waals surface area (Å²) in [6.45, 7) is 6.44. The van der Waals surface area contributed by atoms with Gasteiger partial charge < -0.3 is 4.90 Å². The molecule has 1 unspecified atom stereocenters. The summed E-state index contributed by atoms with van der Waals surface area (Å²) in [7, 11) is 0. The molecule has 0 radical (unpaired) electrons. The predicted molar refractivity (Wildman–Crippen MR) is 75.6 cm³/mol. The molecule has 0 bridgehead atoms. The second-order valence-electron chi connectivity index (χ2n) is 4.93. The first-order chi connectivity index (χ1) is 8.47. The molecule has 1 aromatic rings. The third-order valence-corrected chi connectivity index (χ3v) is 4.39. The van der Waals surface area contributed by atoms with Gasteiger partial charge in [-0.25, -0.2) is 0 Å². The Balaban J connectivity index is 2.51. The minimum atomic E-state index is -0.393. The topological polar surface area (TPSA) is 37.4 Å². The normalized spacial score (nSPS) is 16.1. The van der Waals surface area contributed by atoms with Crippen molar-refractivity contribution in [2.75, 3.05) is 16.8 Å². The molecule has 4 heteroatoms. The van der Waals surface area contributed by atoms with Crippen molar-refractivity contribution in [1.82, 2.24) is 0 Å². The van der Waals surface area contributed by atoms with E-state index < -0.39 is 5.91 Å². The maximum absolute atomic E-state index is 12.1. The highest BCUT2D eigenvalue weighted by molar-refractivity contribution is 9.09. The predicted octanol–water partition coefficient (Wildman–Crippen LogP) is 2.86. The first kappa shape index (κ1) is 13.3. The summed E-state index contributed by atoms with van der Waals surface area (Å²) >= 11 is 3.41. The smallest absolute Gasteiger partial charge is 0.299 e. The molecule has 0 fully saturated rings. The van der Waals surface area contributed by atoms with Gasteiger partial charge in [-0.3, -0.25) is 9.59 Å². The van der Waals surface area contributed by atoms with E-state index in [4.69, 9.17) is 0 Å². The van der Waals surface area contributed by atoms with Gasteiger partial charge in [0, 0.05) is 11.9 Å². The summed E-state index contributed by atoms with van der Waals surface area (Å²) in [5.41, 5.74) is 3.25. The summed E-state index contributed by atoms with van der Waals surface area (Å²) < 4.78 is 0. The Morgan fingerprint density at radius 1 is 1.22 bits per heavy atom. The Bertz CT molecular complexity index is 525. The molecule has 2 rings (SSSR count). The zero-order valence-corrected chi connectivity index (χ0v) is 12.4. The van der Waals surface area contributed by atoms with Crippen molar-refractivity contribution >= 4 is 33.3 Å². The van der Waals surface area contributed by atoms with Crippen LogP contribution >= 0.6 is 15.9 Å². The van der Waals surface area contributed by atoms with E-state index in [1.807, 2.05) is 26.0 Å².